The molecule has 1 aliphatic rings. The number of esters is 1. The molecule has 0 radical (unpaired) electrons. The van der Waals surface area contributed by atoms with Crippen LogP contribution >= 0.6 is 23.2 Å². The second-order valence-electron chi connectivity index (χ2n) is 6.52. The first-order valence-electron chi connectivity index (χ1n) is 8.61. The van der Waals surface area contributed by atoms with Gasteiger partial charge in [-0.3, -0.25) is 4.79 Å². The van der Waals surface area contributed by atoms with E-state index in [1.807, 2.05) is 0 Å². The van der Waals surface area contributed by atoms with Crippen LogP contribution in [-0.4, -0.2) is 24.5 Å². The highest BCUT2D eigenvalue weighted by molar-refractivity contribution is 6.37. The van der Waals surface area contributed by atoms with Gasteiger partial charge >= 0.3 is 5.97 Å². The summed E-state index contributed by atoms with van der Waals surface area (Å²) in [6.45, 7) is 5.05. The van der Waals surface area contributed by atoms with Gasteiger partial charge in [0.05, 0.1) is 11.7 Å². The molecule has 3 rings (SSSR count). The lowest BCUT2D eigenvalue weighted by Crippen LogP contribution is -2.18. The Morgan fingerprint density at radius 1 is 1.21 bits per heavy atom. The van der Waals surface area contributed by atoms with Gasteiger partial charge in [-0.1, -0.05) is 29.3 Å². The van der Waals surface area contributed by atoms with Crippen LogP contribution in [0.5, 0.6) is 11.5 Å². The number of hydrogen-bond donors (Lipinski definition) is 0. The minimum Gasteiger partial charge on any atom is -0.482 e. The van der Waals surface area contributed by atoms with E-state index >= 15 is 0 Å². The Balaban J connectivity index is 1.84. The summed E-state index contributed by atoms with van der Waals surface area (Å²) < 4.78 is 16.2. The minimum atomic E-state index is -0.473. The summed E-state index contributed by atoms with van der Waals surface area (Å²) in [5.74, 6) is 0.131. The number of carbonyl (C=O) groups is 2. The normalized spacial score (nSPS) is 14.2. The predicted molar refractivity (Wildman–Crippen MR) is 107 cm³/mol. The van der Waals surface area contributed by atoms with Crippen molar-refractivity contribution in [2.24, 2.45) is 0 Å². The van der Waals surface area contributed by atoms with Gasteiger partial charge < -0.3 is 14.2 Å². The molecule has 0 unspecified atom stereocenters. The number of ether oxygens (including phenoxy) is 3. The number of aryl methyl sites for hydroxylation is 1. The van der Waals surface area contributed by atoms with Crippen LogP contribution < -0.4 is 9.47 Å². The largest absolute Gasteiger partial charge is 0.482 e. The van der Waals surface area contributed by atoms with E-state index in [9.17, 15) is 9.59 Å². The maximum atomic E-state index is 12.7. The lowest BCUT2D eigenvalue weighted by Gasteiger charge is -2.10. The van der Waals surface area contributed by atoms with E-state index in [2.05, 4.69) is 0 Å². The van der Waals surface area contributed by atoms with Gasteiger partial charge in [0.2, 0.25) is 5.78 Å². The fourth-order valence-electron chi connectivity index (χ4n) is 2.78. The van der Waals surface area contributed by atoms with Gasteiger partial charge in [-0.15, -0.1) is 0 Å². The number of rotatable bonds is 5. The fourth-order valence-corrected chi connectivity index (χ4v) is 3.29. The second-order valence-corrected chi connectivity index (χ2v) is 7.33. The maximum absolute atomic E-state index is 12.7. The van der Waals surface area contributed by atoms with Crippen LogP contribution in [0, 0.1) is 6.92 Å². The first-order chi connectivity index (χ1) is 13.3. The van der Waals surface area contributed by atoms with Crippen LogP contribution in [0.1, 0.15) is 35.3 Å². The summed E-state index contributed by atoms with van der Waals surface area (Å²) >= 11 is 12.3. The third kappa shape index (κ3) is 4.32. The standard InChI is InChI=1S/C21H18Cl2O5/c1-11(2)27-19(24)10-26-13-7-12(3)20-17(8-13)28-18(21(20)25)9-14-15(22)5-4-6-16(14)23/h4-9,11H,10H2,1-3H3/b18-9-. The third-order valence-electron chi connectivity index (χ3n) is 3.94. The van der Waals surface area contributed by atoms with Gasteiger partial charge in [-0.05, 0) is 50.6 Å². The van der Waals surface area contributed by atoms with Crippen molar-refractivity contribution in [3.05, 3.63) is 62.8 Å². The molecule has 2 aromatic rings. The number of fused-ring (bicyclic) bond motifs is 1. The number of ketones is 1. The van der Waals surface area contributed by atoms with Crippen molar-refractivity contribution in [2.45, 2.75) is 26.9 Å². The van der Waals surface area contributed by atoms with Crippen LogP contribution in [0.15, 0.2) is 36.1 Å². The topological polar surface area (TPSA) is 61.8 Å². The molecular weight excluding hydrogens is 403 g/mol. The molecule has 0 spiro atoms. The Morgan fingerprint density at radius 3 is 2.54 bits per heavy atom. The Hall–Kier alpha value is -2.50. The van der Waals surface area contributed by atoms with Crippen molar-refractivity contribution in [1.82, 2.24) is 0 Å². The molecule has 1 heterocycles. The Morgan fingerprint density at radius 2 is 1.89 bits per heavy atom. The summed E-state index contributed by atoms with van der Waals surface area (Å²) in [5, 5.41) is 0.827. The van der Waals surface area contributed by atoms with Crippen molar-refractivity contribution in [3.63, 3.8) is 0 Å². The number of Topliss-reactive ketones (excluding diaryl/α,β-unsaturated/α-hetero) is 1. The summed E-state index contributed by atoms with van der Waals surface area (Å²) in [6.07, 6.45) is 1.30. The van der Waals surface area contributed by atoms with Gasteiger partial charge in [-0.25, -0.2) is 4.79 Å². The van der Waals surface area contributed by atoms with Crippen LogP contribution in [0.2, 0.25) is 10.0 Å². The Bertz CT molecular complexity index is 959. The molecule has 7 heteroatoms. The van der Waals surface area contributed by atoms with Crippen LogP contribution in [0.25, 0.3) is 6.08 Å². The average molecular weight is 421 g/mol. The van der Waals surface area contributed by atoms with Crippen molar-refractivity contribution < 1.29 is 23.8 Å². The lowest BCUT2D eigenvalue weighted by atomic mass is 10.0. The smallest absolute Gasteiger partial charge is 0.344 e. The first-order valence-corrected chi connectivity index (χ1v) is 9.37. The van der Waals surface area contributed by atoms with Crippen molar-refractivity contribution >= 4 is 41.0 Å². The minimum absolute atomic E-state index is 0.115. The molecule has 0 aromatic heterocycles. The van der Waals surface area contributed by atoms with Crippen LogP contribution in [0.4, 0.5) is 0 Å². The van der Waals surface area contributed by atoms with E-state index in [1.165, 1.54) is 6.08 Å². The van der Waals surface area contributed by atoms with Gasteiger partial charge in [0.15, 0.2) is 12.4 Å². The molecule has 0 saturated heterocycles. The zero-order valence-electron chi connectivity index (χ0n) is 15.5. The molecule has 0 N–H and O–H groups in total. The number of allylic oxidation sites excluding steroid dienone is 1. The van der Waals surface area contributed by atoms with Crippen molar-refractivity contribution in [1.29, 1.82) is 0 Å². The highest BCUT2D eigenvalue weighted by atomic mass is 35.5. The third-order valence-corrected chi connectivity index (χ3v) is 4.60. The summed E-state index contributed by atoms with van der Waals surface area (Å²) in [6, 6.07) is 8.32. The van der Waals surface area contributed by atoms with E-state index in [0.29, 0.717) is 38.2 Å². The summed E-state index contributed by atoms with van der Waals surface area (Å²) in [4.78, 5) is 24.4. The van der Waals surface area contributed by atoms with Crippen molar-refractivity contribution in [2.75, 3.05) is 6.61 Å². The number of hydrogen-bond acceptors (Lipinski definition) is 5. The molecule has 0 aliphatic carbocycles. The maximum Gasteiger partial charge on any atom is 0.344 e. The van der Waals surface area contributed by atoms with Crippen molar-refractivity contribution in [3.8, 4) is 11.5 Å². The molecular formula is C21H18Cl2O5. The van der Waals surface area contributed by atoms with E-state index in [4.69, 9.17) is 37.4 Å². The molecule has 0 bridgehead atoms. The highest BCUT2D eigenvalue weighted by Gasteiger charge is 2.30. The lowest BCUT2D eigenvalue weighted by molar-refractivity contribution is -0.149. The van der Waals surface area contributed by atoms with Crippen LogP contribution in [0.3, 0.4) is 0 Å². The Labute approximate surface area is 172 Å². The van der Waals surface area contributed by atoms with Crippen LogP contribution in [-0.2, 0) is 9.53 Å². The number of halogens is 2. The van der Waals surface area contributed by atoms with E-state index in [-0.39, 0.29) is 24.3 Å². The van der Waals surface area contributed by atoms with E-state index in [1.54, 1.807) is 51.1 Å². The molecule has 0 saturated carbocycles. The fraction of sp³-hybridized carbons (Fsp3) is 0.238. The SMILES string of the molecule is Cc1cc(OCC(=O)OC(C)C)cc2c1C(=O)/C(=C/c1c(Cl)cccc1Cl)O2. The molecule has 146 valence electrons. The molecule has 5 nitrogen and oxygen atoms in total. The molecule has 0 atom stereocenters. The molecule has 28 heavy (non-hydrogen) atoms. The quantitative estimate of drug-likeness (QED) is 0.488. The van der Waals surface area contributed by atoms with Gasteiger partial charge in [0, 0.05) is 21.7 Å². The second kappa shape index (κ2) is 8.25. The molecule has 2 aromatic carbocycles. The van der Waals surface area contributed by atoms with Gasteiger partial charge in [-0.2, -0.15) is 0 Å². The Kier molecular flexibility index (Phi) is 5.96. The van der Waals surface area contributed by atoms with Gasteiger partial charge in [0.1, 0.15) is 11.5 Å². The number of benzene rings is 2. The van der Waals surface area contributed by atoms with E-state index in [0.717, 1.165) is 0 Å². The monoisotopic (exact) mass is 420 g/mol. The average Bonchev–Trinajstić information content (AvgIpc) is 2.92. The van der Waals surface area contributed by atoms with Gasteiger partial charge in [0.25, 0.3) is 0 Å². The summed E-state index contributed by atoms with van der Waals surface area (Å²) in [5.41, 5.74) is 1.61. The molecule has 0 amide bonds. The summed E-state index contributed by atoms with van der Waals surface area (Å²) in [7, 11) is 0. The molecule has 1 aliphatic heterocycles. The first kappa shape index (κ1) is 20.2. The number of carbonyl (C=O) groups excluding carboxylic acids is 2. The van der Waals surface area contributed by atoms with E-state index < -0.39 is 5.97 Å². The highest BCUT2D eigenvalue weighted by Crippen LogP contribution is 2.38. The zero-order valence-corrected chi connectivity index (χ0v) is 17.1. The zero-order chi connectivity index (χ0) is 20.4. The molecule has 0 fully saturated rings. The predicted octanol–water partition coefficient (Wildman–Crippen LogP) is 5.25.